The third-order valence-electron chi connectivity index (χ3n) is 4.70. The normalized spacial score (nSPS) is 14.4. The molecule has 0 atom stereocenters. The van der Waals surface area contributed by atoms with Crippen LogP contribution in [0.1, 0.15) is 15.9 Å². The third-order valence-corrected chi connectivity index (χ3v) is 6.56. The molecule has 2 N–H and O–H groups in total. The van der Waals surface area contributed by atoms with E-state index in [1.54, 1.807) is 0 Å². The van der Waals surface area contributed by atoms with Crippen molar-refractivity contribution in [3.05, 3.63) is 59.7 Å². The van der Waals surface area contributed by atoms with E-state index in [1.165, 1.54) is 24.3 Å². The van der Waals surface area contributed by atoms with Crippen molar-refractivity contribution in [1.29, 1.82) is 0 Å². The van der Waals surface area contributed by atoms with E-state index in [-0.39, 0.29) is 43.0 Å². The maximum Gasteiger partial charge on any atom is 0.251 e. The summed E-state index contributed by atoms with van der Waals surface area (Å²) in [5.74, 6) is 2.46. The van der Waals surface area contributed by atoms with Gasteiger partial charge in [-0.3, -0.25) is 9.59 Å². The topological polar surface area (TPSA) is 105 Å². The Kier molecular flexibility index (Phi) is 7.28. The summed E-state index contributed by atoms with van der Waals surface area (Å²) in [6, 6.07) is 13.1. The Balaban J connectivity index is 1.53. The molecule has 1 saturated heterocycles. The van der Waals surface area contributed by atoms with Crippen molar-refractivity contribution < 1.29 is 22.7 Å². The molecule has 2 aromatic carbocycles. The molecular weight excluding hydrogens is 418 g/mol. The fourth-order valence-electron chi connectivity index (χ4n) is 3.05. The summed E-state index contributed by atoms with van der Waals surface area (Å²) in [7, 11) is -3.78. The van der Waals surface area contributed by atoms with Crippen LogP contribution in [0.3, 0.4) is 0 Å². The van der Waals surface area contributed by atoms with Gasteiger partial charge in [-0.1, -0.05) is 18.1 Å². The number of piperazine rings is 1. The molecule has 162 valence electrons. The van der Waals surface area contributed by atoms with Crippen LogP contribution < -0.4 is 15.4 Å². The number of hydrogen-bond donors (Lipinski definition) is 2. The van der Waals surface area contributed by atoms with Gasteiger partial charge in [-0.15, -0.1) is 6.42 Å². The Morgan fingerprint density at radius 1 is 1.16 bits per heavy atom. The van der Waals surface area contributed by atoms with Crippen LogP contribution in [0.2, 0.25) is 0 Å². The molecule has 1 fully saturated rings. The number of benzene rings is 2. The van der Waals surface area contributed by atoms with Gasteiger partial charge in [-0.2, -0.15) is 4.31 Å². The number of sulfonamides is 1. The Morgan fingerprint density at radius 3 is 2.52 bits per heavy atom. The van der Waals surface area contributed by atoms with Crippen molar-refractivity contribution in [1.82, 2.24) is 14.9 Å². The Labute approximate surface area is 181 Å². The van der Waals surface area contributed by atoms with E-state index >= 15 is 0 Å². The maximum absolute atomic E-state index is 12.7. The van der Waals surface area contributed by atoms with Gasteiger partial charge in [0.15, 0.2) is 0 Å². The maximum atomic E-state index is 12.7. The highest BCUT2D eigenvalue weighted by atomic mass is 32.2. The predicted molar refractivity (Wildman–Crippen MR) is 115 cm³/mol. The lowest BCUT2D eigenvalue weighted by Crippen LogP contribution is -2.49. The molecule has 8 nitrogen and oxygen atoms in total. The lowest BCUT2D eigenvalue weighted by Gasteiger charge is -2.25. The van der Waals surface area contributed by atoms with E-state index in [9.17, 15) is 18.0 Å². The number of terminal acetylenes is 1. The molecule has 9 heteroatoms. The fourth-order valence-corrected chi connectivity index (χ4v) is 4.44. The highest BCUT2D eigenvalue weighted by Gasteiger charge is 2.29. The zero-order chi connectivity index (χ0) is 22.3. The van der Waals surface area contributed by atoms with Crippen LogP contribution >= 0.6 is 0 Å². The zero-order valence-corrected chi connectivity index (χ0v) is 17.7. The van der Waals surface area contributed by atoms with Gasteiger partial charge in [-0.25, -0.2) is 8.42 Å². The molecule has 0 aliphatic carbocycles. The van der Waals surface area contributed by atoms with Crippen LogP contribution in [0, 0.1) is 12.3 Å². The number of rotatable bonds is 8. The van der Waals surface area contributed by atoms with Crippen molar-refractivity contribution in [2.45, 2.75) is 11.3 Å². The first-order valence-corrected chi connectivity index (χ1v) is 11.1. The van der Waals surface area contributed by atoms with Crippen LogP contribution in [0.15, 0.2) is 53.4 Å². The fraction of sp³-hybridized carbons (Fsp3) is 0.273. The summed E-state index contributed by atoms with van der Waals surface area (Å²) in [5.41, 5.74) is 1.38. The molecule has 0 radical (unpaired) electrons. The summed E-state index contributed by atoms with van der Waals surface area (Å²) >= 11 is 0. The van der Waals surface area contributed by atoms with E-state index in [1.807, 2.05) is 24.3 Å². The Morgan fingerprint density at radius 2 is 1.87 bits per heavy atom. The molecule has 2 amide bonds. The third kappa shape index (κ3) is 5.84. The van der Waals surface area contributed by atoms with Crippen molar-refractivity contribution in [3.63, 3.8) is 0 Å². The first kappa shape index (κ1) is 22.3. The van der Waals surface area contributed by atoms with E-state index in [0.717, 1.165) is 9.87 Å². The molecule has 1 heterocycles. The van der Waals surface area contributed by atoms with Crippen LogP contribution in [-0.2, 0) is 21.2 Å². The van der Waals surface area contributed by atoms with E-state index in [0.29, 0.717) is 24.3 Å². The number of hydrogen-bond acceptors (Lipinski definition) is 5. The van der Waals surface area contributed by atoms with Crippen molar-refractivity contribution in [2.75, 3.05) is 32.8 Å². The van der Waals surface area contributed by atoms with Crippen molar-refractivity contribution in [3.8, 4) is 18.1 Å². The first-order chi connectivity index (χ1) is 14.9. The minimum absolute atomic E-state index is 0.0471. The highest BCUT2D eigenvalue weighted by Crippen LogP contribution is 2.17. The molecule has 1 aliphatic heterocycles. The van der Waals surface area contributed by atoms with Gasteiger partial charge in [0.1, 0.15) is 12.4 Å². The quantitative estimate of drug-likeness (QED) is 0.590. The second-order valence-electron chi connectivity index (χ2n) is 6.86. The van der Waals surface area contributed by atoms with Crippen LogP contribution in [0.4, 0.5) is 0 Å². The van der Waals surface area contributed by atoms with E-state index in [4.69, 9.17) is 11.2 Å². The summed E-state index contributed by atoms with van der Waals surface area (Å²) in [6.45, 7) is 0.920. The minimum atomic E-state index is -3.78. The predicted octanol–water partition coefficient (Wildman–Crippen LogP) is 0.792. The molecule has 1 aliphatic rings. The van der Waals surface area contributed by atoms with Gasteiger partial charge in [0.2, 0.25) is 15.9 Å². The Bertz CT molecular complexity index is 1070. The molecule has 0 bridgehead atoms. The van der Waals surface area contributed by atoms with Gasteiger partial charge in [0.25, 0.3) is 5.91 Å². The van der Waals surface area contributed by atoms with Crippen LogP contribution in [0.5, 0.6) is 5.75 Å². The molecular formula is C22H23N3O5S. The smallest absolute Gasteiger partial charge is 0.251 e. The van der Waals surface area contributed by atoms with Crippen LogP contribution in [-0.4, -0.2) is 57.3 Å². The average Bonchev–Trinajstić information content (AvgIpc) is 2.78. The second kappa shape index (κ2) is 10.1. The lowest BCUT2D eigenvalue weighted by molar-refractivity contribution is -0.122. The number of amides is 2. The summed E-state index contributed by atoms with van der Waals surface area (Å²) < 4.78 is 31.7. The summed E-state index contributed by atoms with van der Waals surface area (Å²) in [4.78, 5) is 23.9. The molecule has 0 spiro atoms. The molecule has 0 aromatic heterocycles. The van der Waals surface area contributed by atoms with Gasteiger partial charge in [-0.05, 0) is 48.4 Å². The SMILES string of the molecule is C#CCOc1ccc(CCNC(=O)c2ccc(S(=O)(=O)N3CCNC(=O)C3)cc2)cc1. The number of carbonyl (C=O) groups excluding carboxylic acids is 2. The monoisotopic (exact) mass is 441 g/mol. The number of ether oxygens (including phenoxy) is 1. The molecule has 0 unspecified atom stereocenters. The second-order valence-corrected chi connectivity index (χ2v) is 8.79. The lowest BCUT2D eigenvalue weighted by atomic mass is 10.1. The Hall–Kier alpha value is -3.35. The largest absolute Gasteiger partial charge is 0.481 e. The standard InChI is InChI=1S/C22H23N3O5S/c1-2-15-30-19-7-3-17(4-8-19)11-12-24-22(27)18-5-9-20(10-6-18)31(28,29)25-14-13-23-21(26)16-25/h1,3-10H,11-16H2,(H,23,26)(H,24,27). The first-order valence-electron chi connectivity index (χ1n) is 9.70. The average molecular weight is 442 g/mol. The molecule has 3 rings (SSSR count). The minimum Gasteiger partial charge on any atom is -0.481 e. The van der Waals surface area contributed by atoms with E-state index in [2.05, 4.69) is 16.6 Å². The summed E-state index contributed by atoms with van der Waals surface area (Å²) in [5, 5.41) is 5.40. The highest BCUT2D eigenvalue weighted by molar-refractivity contribution is 7.89. The summed E-state index contributed by atoms with van der Waals surface area (Å²) in [6.07, 6.45) is 5.78. The van der Waals surface area contributed by atoms with Crippen molar-refractivity contribution in [2.24, 2.45) is 0 Å². The van der Waals surface area contributed by atoms with Gasteiger partial charge in [0.05, 0.1) is 11.4 Å². The number of nitrogens with one attached hydrogen (secondary N) is 2. The van der Waals surface area contributed by atoms with Gasteiger partial charge >= 0.3 is 0 Å². The van der Waals surface area contributed by atoms with Crippen molar-refractivity contribution >= 4 is 21.8 Å². The van der Waals surface area contributed by atoms with Gasteiger partial charge in [0, 0.05) is 25.2 Å². The molecule has 2 aromatic rings. The number of carbonyl (C=O) groups is 2. The van der Waals surface area contributed by atoms with Gasteiger partial charge < -0.3 is 15.4 Å². The molecule has 31 heavy (non-hydrogen) atoms. The number of nitrogens with zero attached hydrogens (tertiary/aromatic N) is 1. The molecule has 0 saturated carbocycles. The van der Waals surface area contributed by atoms with Crippen LogP contribution in [0.25, 0.3) is 0 Å². The zero-order valence-electron chi connectivity index (χ0n) is 16.8. The van der Waals surface area contributed by atoms with E-state index < -0.39 is 10.0 Å².